The van der Waals surface area contributed by atoms with Crippen molar-refractivity contribution in [1.82, 2.24) is 16.0 Å². The molecule has 7 N–H and O–H groups in total. The van der Waals surface area contributed by atoms with E-state index in [0.717, 1.165) is 27.8 Å². The zero-order valence-electron chi connectivity index (χ0n) is 21.9. The van der Waals surface area contributed by atoms with Gasteiger partial charge >= 0.3 is 12.1 Å². The standard InChI is InChI=1S/C30H33N5O5/c31-29(32)33-16-8-15-25(28(37)38)34-27(36)26(17-19-9-2-1-3-10-19)35-30(39)40-18-24-22-13-6-4-11-20(22)21-12-5-7-14-23(21)24/h1-7,9-14,24-26H,8,15-18H2,(H,34,36)(H,35,39)(H,37,38)(H4,31,32,33)/t25-,26-/m0/s1. The predicted molar refractivity (Wildman–Crippen MR) is 151 cm³/mol. The van der Waals surface area contributed by atoms with Gasteiger partial charge in [0.15, 0.2) is 5.96 Å². The van der Waals surface area contributed by atoms with Crippen LogP contribution in [-0.2, 0) is 20.7 Å². The molecule has 1 aliphatic carbocycles. The zero-order valence-corrected chi connectivity index (χ0v) is 21.9. The van der Waals surface area contributed by atoms with Crippen molar-refractivity contribution >= 4 is 23.9 Å². The molecule has 0 fully saturated rings. The van der Waals surface area contributed by atoms with Crippen molar-refractivity contribution in [2.75, 3.05) is 13.2 Å². The topological polar surface area (TPSA) is 167 Å². The molecule has 0 unspecified atom stereocenters. The lowest BCUT2D eigenvalue weighted by molar-refractivity contribution is -0.142. The molecule has 3 aromatic rings. The number of alkyl carbamates (subject to hydrolysis) is 1. The first-order chi connectivity index (χ1) is 19.3. The molecule has 3 aromatic carbocycles. The van der Waals surface area contributed by atoms with E-state index in [-0.39, 0.29) is 31.3 Å². The molecule has 40 heavy (non-hydrogen) atoms. The van der Waals surface area contributed by atoms with Gasteiger partial charge in [-0.3, -0.25) is 10.2 Å². The molecule has 1 aliphatic rings. The molecule has 0 saturated heterocycles. The SMILES string of the molecule is N=C(N)NCCC[C@H](NC(=O)[C@H](Cc1ccccc1)NC(=O)OCC1c2ccccc2-c2ccccc21)C(=O)O. The number of fused-ring (bicyclic) bond motifs is 3. The van der Waals surface area contributed by atoms with Crippen LogP contribution in [0.3, 0.4) is 0 Å². The van der Waals surface area contributed by atoms with Crippen LogP contribution < -0.4 is 21.7 Å². The summed E-state index contributed by atoms with van der Waals surface area (Å²) >= 11 is 0. The zero-order chi connectivity index (χ0) is 28.5. The molecule has 0 bridgehead atoms. The minimum absolute atomic E-state index is 0.0838. The van der Waals surface area contributed by atoms with Crippen molar-refractivity contribution in [3.63, 3.8) is 0 Å². The average molecular weight is 544 g/mol. The van der Waals surface area contributed by atoms with Gasteiger partial charge in [0.1, 0.15) is 18.7 Å². The Morgan fingerprint density at radius 2 is 1.48 bits per heavy atom. The molecule has 208 valence electrons. The molecule has 0 aliphatic heterocycles. The third kappa shape index (κ3) is 7.16. The summed E-state index contributed by atoms with van der Waals surface area (Å²) in [5, 5.41) is 24.6. The van der Waals surface area contributed by atoms with Gasteiger partial charge < -0.3 is 31.5 Å². The van der Waals surface area contributed by atoms with E-state index in [9.17, 15) is 19.5 Å². The van der Waals surface area contributed by atoms with Gasteiger partial charge in [0.05, 0.1) is 0 Å². The monoisotopic (exact) mass is 543 g/mol. The van der Waals surface area contributed by atoms with Crippen LogP contribution in [0, 0.1) is 5.41 Å². The lowest BCUT2D eigenvalue weighted by atomic mass is 9.98. The second-order valence-electron chi connectivity index (χ2n) is 9.59. The van der Waals surface area contributed by atoms with Gasteiger partial charge in [0, 0.05) is 18.9 Å². The van der Waals surface area contributed by atoms with Crippen LogP contribution in [0.1, 0.15) is 35.4 Å². The lowest BCUT2D eigenvalue weighted by Crippen LogP contribution is -2.52. The quantitative estimate of drug-likeness (QED) is 0.116. The molecule has 10 nitrogen and oxygen atoms in total. The van der Waals surface area contributed by atoms with E-state index in [2.05, 4.69) is 16.0 Å². The summed E-state index contributed by atoms with van der Waals surface area (Å²) in [4.78, 5) is 38.0. The summed E-state index contributed by atoms with van der Waals surface area (Å²) < 4.78 is 5.63. The second-order valence-corrected chi connectivity index (χ2v) is 9.59. The Morgan fingerprint density at radius 1 is 0.875 bits per heavy atom. The third-order valence-corrected chi connectivity index (χ3v) is 6.83. The molecule has 4 rings (SSSR count). The number of amides is 2. The molecule has 0 aromatic heterocycles. The number of guanidine groups is 1. The van der Waals surface area contributed by atoms with Crippen LogP contribution in [-0.4, -0.2) is 54.3 Å². The van der Waals surface area contributed by atoms with E-state index >= 15 is 0 Å². The first-order valence-electron chi connectivity index (χ1n) is 13.1. The summed E-state index contributed by atoms with van der Waals surface area (Å²) in [5.41, 5.74) is 10.4. The first-order valence-corrected chi connectivity index (χ1v) is 13.1. The smallest absolute Gasteiger partial charge is 0.407 e. The highest BCUT2D eigenvalue weighted by Crippen LogP contribution is 2.44. The normalized spacial score (nSPS) is 13.3. The van der Waals surface area contributed by atoms with E-state index in [1.165, 1.54) is 0 Å². The van der Waals surface area contributed by atoms with E-state index in [1.54, 1.807) is 0 Å². The van der Waals surface area contributed by atoms with Gasteiger partial charge in [-0.15, -0.1) is 0 Å². The molecule has 0 saturated carbocycles. The van der Waals surface area contributed by atoms with E-state index in [0.29, 0.717) is 13.0 Å². The van der Waals surface area contributed by atoms with E-state index < -0.39 is 30.1 Å². The molecule has 0 radical (unpaired) electrons. The number of hydrogen-bond donors (Lipinski definition) is 6. The maximum absolute atomic E-state index is 13.2. The van der Waals surface area contributed by atoms with Crippen LogP contribution in [0.4, 0.5) is 4.79 Å². The number of ether oxygens (including phenoxy) is 1. The summed E-state index contributed by atoms with van der Waals surface area (Å²) in [6.07, 6.45) is -0.144. The molecular weight excluding hydrogens is 510 g/mol. The van der Waals surface area contributed by atoms with Crippen LogP contribution in [0.15, 0.2) is 78.9 Å². The summed E-state index contributed by atoms with van der Waals surface area (Å²) in [7, 11) is 0. The van der Waals surface area contributed by atoms with Gasteiger partial charge in [-0.1, -0.05) is 78.9 Å². The molecule has 0 spiro atoms. The van der Waals surface area contributed by atoms with Crippen molar-refractivity contribution in [3.05, 3.63) is 95.6 Å². The maximum Gasteiger partial charge on any atom is 0.407 e. The minimum Gasteiger partial charge on any atom is -0.480 e. The number of carboxylic acids is 1. The maximum atomic E-state index is 13.2. The Bertz CT molecular complexity index is 1320. The van der Waals surface area contributed by atoms with Crippen LogP contribution >= 0.6 is 0 Å². The average Bonchev–Trinajstić information content (AvgIpc) is 3.27. The number of carbonyl (C=O) groups is 3. The van der Waals surface area contributed by atoms with Crippen LogP contribution in [0.2, 0.25) is 0 Å². The predicted octanol–water partition coefficient (Wildman–Crippen LogP) is 2.97. The van der Waals surface area contributed by atoms with Gasteiger partial charge in [-0.25, -0.2) is 9.59 Å². The highest BCUT2D eigenvalue weighted by Gasteiger charge is 2.31. The van der Waals surface area contributed by atoms with Crippen molar-refractivity contribution in [2.45, 2.75) is 37.3 Å². The Balaban J connectivity index is 1.42. The number of aliphatic carboxylic acids is 1. The number of carboxylic acid groups (broad SMARTS) is 1. The van der Waals surface area contributed by atoms with Crippen molar-refractivity contribution < 1.29 is 24.2 Å². The minimum atomic E-state index is -1.20. The fraction of sp³-hybridized carbons (Fsp3) is 0.267. The number of carbonyl (C=O) groups excluding carboxylic acids is 2. The fourth-order valence-corrected chi connectivity index (χ4v) is 4.90. The van der Waals surface area contributed by atoms with Gasteiger partial charge in [-0.05, 0) is 40.7 Å². The van der Waals surface area contributed by atoms with Crippen molar-refractivity contribution in [2.24, 2.45) is 5.73 Å². The molecule has 2 atom stereocenters. The Morgan fingerprint density at radius 3 is 2.08 bits per heavy atom. The number of nitrogens with two attached hydrogens (primary N) is 1. The van der Waals surface area contributed by atoms with E-state index in [4.69, 9.17) is 15.9 Å². The van der Waals surface area contributed by atoms with E-state index in [1.807, 2.05) is 78.9 Å². The third-order valence-electron chi connectivity index (χ3n) is 6.83. The van der Waals surface area contributed by atoms with Crippen molar-refractivity contribution in [1.29, 1.82) is 5.41 Å². The highest BCUT2D eigenvalue weighted by atomic mass is 16.5. The molecular formula is C30H33N5O5. The Hall–Kier alpha value is -4.86. The number of hydrogen-bond acceptors (Lipinski definition) is 5. The summed E-state index contributed by atoms with van der Waals surface area (Å²) in [6.45, 7) is 0.376. The number of nitrogens with one attached hydrogen (secondary N) is 4. The molecule has 2 amide bonds. The van der Waals surface area contributed by atoms with Gasteiger partial charge in [0.2, 0.25) is 5.91 Å². The van der Waals surface area contributed by atoms with Gasteiger partial charge in [-0.2, -0.15) is 0 Å². The molecule has 10 heteroatoms. The fourth-order valence-electron chi connectivity index (χ4n) is 4.90. The van der Waals surface area contributed by atoms with Crippen LogP contribution in [0.5, 0.6) is 0 Å². The van der Waals surface area contributed by atoms with Crippen molar-refractivity contribution in [3.8, 4) is 11.1 Å². The Kier molecular flexibility index (Phi) is 9.35. The molecule has 0 heterocycles. The highest BCUT2D eigenvalue weighted by molar-refractivity contribution is 5.89. The number of benzene rings is 3. The lowest BCUT2D eigenvalue weighted by Gasteiger charge is -2.22. The summed E-state index contributed by atoms with van der Waals surface area (Å²) in [6, 6.07) is 22.9. The van der Waals surface area contributed by atoms with Gasteiger partial charge in [0.25, 0.3) is 0 Å². The van der Waals surface area contributed by atoms with Crippen LogP contribution in [0.25, 0.3) is 11.1 Å². The Labute approximate surface area is 232 Å². The first kappa shape index (κ1) is 28.2. The largest absolute Gasteiger partial charge is 0.480 e. The number of rotatable bonds is 12. The summed E-state index contributed by atoms with van der Waals surface area (Å²) in [5.74, 6) is -2.19. The second kappa shape index (κ2) is 13.3.